The zero-order valence-corrected chi connectivity index (χ0v) is 31.0. The van der Waals surface area contributed by atoms with E-state index in [2.05, 4.69) is 164 Å². The van der Waals surface area contributed by atoms with Gasteiger partial charge in [0.05, 0.1) is 0 Å². The fourth-order valence-corrected chi connectivity index (χ4v) is 7.76. The van der Waals surface area contributed by atoms with Gasteiger partial charge in [0.1, 0.15) is 14.1 Å². The summed E-state index contributed by atoms with van der Waals surface area (Å²) in [5.41, 5.74) is 18.9. The van der Waals surface area contributed by atoms with Crippen LogP contribution in [0.1, 0.15) is 72.2 Å². The van der Waals surface area contributed by atoms with Crippen LogP contribution in [0.5, 0.6) is 0 Å². The first-order valence-corrected chi connectivity index (χ1v) is 17.9. The zero-order chi connectivity index (χ0) is 34.3. The van der Waals surface area contributed by atoms with Gasteiger partial charge in [-0.1, -0.05) is 58.0 Å². The Morgan fingerprint density at radius 1 is 0.542 bits per heavy atom. The molecular formula is C46H54N2+2. The number of benzene rings is 4. The van der Waals surface area contributed by atoms with Gasteiger partial charge in [-0.05, 0) is 140 Å². The highest BCUT2D eigenvalue weighted by Gasteiger charge is 2.21. The van der Waals surface area contributed by atoms with Crippen LogP contribution in [0.15, 0.2) is 84.9 Å². The van der Waals surface area contributed by atoms with Crippen LogP contribution >= 0.6 is 0 Å². The second-order valence-corrected chi connectivity index (χ2v) is 15.2. The van der Waals surface area contributed by atoms with Crippen molar-refractivity contribution in [3.8, 4) is 22.5 Å². The number of aromatic nitrogens is 2. The van der Waals surface area contributed by atoms with Crippen LogP contribution in [-0.4, -0.2) is 0 Å². The molecular weight excluding hydrogens is 581 g/mol. The van der Waals surface area contributed by atoms with E-state index in [9.17, 15) is 0 Å². The van der Waals surface area contributed by atoms with E-state index in [-0.39, 0.29) is 0 Å². The molecule has 2 nitrogen and oxygen atoms in total. The van der Waals surface area contributed by atoms with Gasteiger partial charge in [0.25, 0.3) is 0 Å². The third-order valence-corrected chi connectivity index (χ3v) is 10.4. The van der Waals surface area contributed by atoms with Crippen molar-refractivity contribution in [2.45, 2.75) is 81.1 Å². The van der Waals surface area contributed by atoms with Crippen LogP contribution in [0, 0.1) is 39.5 Å². The summed E-state index contributed by atoms with van der Waals surface area (Å²) in [6.07, 6.45) is 4.23. The van der Waals surface area contributed by atoms with Gasteiger partial charge >= 0.3 is 0 Å². The predicted molar refractivity (Wildman–Crippen MR) is 205 cm³/mol. The summed E-state index contributed by atoms with van der Waals surface area (Å²) in [5, 5.41) is 2.66. The predicted octanol–water partition coefficient (Wildman–Crippen LogP) is 10.4. The number of pyridine rings is 2. The van der Waals surface area contributed by atoms with Gasteiger partial charge in [0.15, 0.2) is 0 Å². The Morgan fingerprint density at radius 2 is 1.21 bits per heavy atom. The SMILES string of the molecule is Cc1cc(CCc2cc(C)c(C)c(-c3ccc4ccc(CC(C)C)cc4[n+]3C)c2)c(C)c(-c2ccc3c(CC(C)C)cccc3[n+]2C)c1. The normalized spacial score (nSPS) is 11.8. The summed E-state index contributed by atoms with van der Waals surface area (Å²) in [4.78, 5) is 0. The summed E-state index contributed by atoms with van der Waals surface area (Å²) < 4.78 is 4.80. The molecule has 2 aromatic heterocycles. The molecule has 0 saturated heterocycles. The number of aryl methyl sites for hydroxylation is 6. The fourth-order valence-electron chi connectivity index (χ4n) is 7.76. The summed E-state index contributed by atoms with van der Waals surface area (Å²) >= 11 is 0. The standard InChI is InChI=1S/C46H54N2/c1-29(2)22-35-14-16-37-18-20-44(48(10)46(37)28-35)42-27-36(26-32(6)33(42)7)15-17-38-24-31(5)25-41(34(38)8)45-21-19-40-39(23-30(3)4)12-11-13-43(40)47(45)9/h11-14,16,18-21,24-30H,15,17,22-23H2,1-10H3/q+2. The van der Waals surface area contributed by atoms with E-state index in [1.165, 1.54) is 88.8 Å². The van der Waals surface area contributed by atoms with Crippen LogP contribution in [-0.2, 0) is 39.8 Å². The Labute approximate surface area is 289 Å². The summed E-state index contributed by atoms with van der Waals surface area (Å²) in [6, 6.07) is 32.7. The molecule has 6 aromatic rings. The Balaban J connectivity index is 1.33. The fraction of sp³-hybridized carbons (Fsp3) is 0.348. The third-order valence-electron chi connectivity index (χ3n) is 10.4. The Hall–Kier alpha value is -4.30. The minimum atomic E-state index is 0.633. The maximum absolute atomic E-state index is 2.45. The maximum atomic E-state index is 2.45. The van der Waals surface area contributed by atoms with Gasteiger partial charge in [-0.2, -0.15) is 9.13 Å². The number of rotatable bonds is 9. The second kappa shape index (κ2) is 13.7. The second-order valence-electron chi connectivity index (χ2n) is 15.2. The van der Waals surface area contributed by atoms with E-state index in [1.54, 1.807) is 0 Å². The minimum absolute atomic E-state index is 0.633. The third kappa shape index (κ3) is 6.68. The molecule has 0 aliphatic carbocycles. The zero-order valence-electron chi connectivity index (χ0n) is 31.0. The van der Waals surface area contributed by atoms with Gasteiger partial charge in [-0.15, -0.1) is 0 Å². The first-order valence-electron chi connectivity index (χ1n) is 17.9. The summed E-state index contributed by atoms with van der Waals surface area (Å²) in [5.74, 6) is 1.28. The van der Waals surface area contributed by atoms with Gasteiger partial charge in [-0.25, -0.2) is 0 Å². The molecule has 2 heteroatoms. The molecule has 0 amide bonds. The molecule has 0 saturated carbocycles. The molecule has 2 heterocycles. The highest BCUT2D eigenvalue weighted by Crippen LogP contribution is 2.31. The van der Waals surface area contributed by atoms with Crippen LogP contribution < -0.4 is 9.13 Å². The average Bonchev–Trinajstić information content (AvgIpc) is 3.03. The quantitative estimate of drug-likeness (QED) is 0.140. The topological polar surface area (TPSA) is 7.76 Å². The van der Waals surface area contributed by atoms with Gasteiger partial charge in [0, 0.05) is 46.2 Å². The Kier molecular flexibility index (Phi) is 9.57. The highest BCUT2D eigenvalue weighted by atomic mass is 14.9. The molecule has 0 N–H and O–H groups in total. The largest absolute Gasteiger partial charge is 0.213 e. The van der Waals surface area contributed by atoms with Gasteiger partial charge in [0.2, 0.25) is 22.4 Å². The van der Waals surface area contributed by atoms with Crippen molar-refractivity contribution in [2.24, 2.45) is 25.9 Å². The van der Waals surface area contributed by atoms with Crippen molar-refractivity contribution in [1.82, 2.24) is 0 Å². The lowest BCUT2D eigenvalue weighted by molar-refractivity contribution is -0.633. The van der Waals surface area contributed by atoms with Crippen molar-refractivity contribution < 1.29 is 9.13 Å². The molecule has 6 rings (SSSR count). The van der Waals surface area contributed by atoms with Gasteiger partial charge in [-0.3, -0.25) is 0 Å². The summed E-state index contributed by atoms with van der Waals surface area (Å²) in [7, 11) is 4.46. The van der Waals surface area contributed by atoms with Crippen molar-refractivity contribution >= 4 is 21.8 Å². The van der Waals surface area contributed by atoms with E-state index in [0.29, 0.717) is 11.8 Å². The van der Waals surface area contributed by atoms with Gasteiger partial charge < -0.3 is 0 Å². The van der Waals surface area contributed by atoms with E-state index in [1.807, 2.05) is 0 Å². The van der Waals surface area contributed by atoms with E-state index in [4.69, 9.17) is 0 Å². The van der Waals surface area contributed by atoms with E-state index in [0.717, 1.165) is 25.7 Å². The lowest BCUT2D eigenvalue weighted by Gasteiger charge is -2.15. The maximum Gasteiger partial charge on any atom is 0.213 e. The molecule has 0 fully saturated rings. The van der Waals surface area contributed by atoms with Crippen molar-refractivity contribution in [2.75, 3.05) is 0 Å². The Morgan fingerprint density at radius 3 is 1.94 bits per heavy atom. The lowest BCUT2D eigenvalue weighted by Crippen LogP contribution is -2.32. The number of hydrogen-bond acceptors (Lipinski definition) is 0. The lowest BCUT2D eigenvalue weighted by atomic mass is 9.90. The smallest absolute Gasteiger partial charge is 0.194 e. The molecule has 0 spiro atoms. The molecule has 0 unspecified atom stereocenters. The van der Waals surface area contributed by atoms with Crippen LogP contribution in [0.3, 0.4) is 0 Å². The number of nitrogens with zero attached hydrogens (tertiary/aromatic N) is 2. The number of fused-ring (bicyclic) bond motifs is 2. The first kappa shape index (κ1) is 33.6. The van der Waals surface area contributed by atoms with Crippen molar-refractivity contribution in [1.29, 1.82) is 0 Å². The van der Waals surface area contributed by atoms with E-state index < -0.39 is 0 Å². The monoisotopic (exact) mass is 634 g/mol. The minimum Gasteiger partial charge on any atom is -0.194 e. The molecule has 246 valence electrons. The van der Waals surface area contributed by atoms with Crippen molar-refractivity contribution in [3.05, 3.63) is 129 Å². The van der Waals surface area contributed by atoms with E-state index >= 15 is 0 Å². The molecule has 48 heavy (non-hydrogen) atoms. The molecule has 0 atom stereocenters. The average molecular weight is 635 g/mol. The molecule has 4 aromatic carbocycles. The molecule has 0 bridgehead atoms. The van der Waals surface area contributed by atoms with Crippen LogP contribution in [0.4, 0.5) is 0 Å². The molecule has 0 aliphatic rings. The molecule has 0 radical (unpaired) electrons. The summed E-state index contributed by atoms with van der Waals surface area (Å²) in [6.45, 7) is 18.3. The van der Waals surface area contributed by atoms with Crippen molar-refractivity contribution in [3.63, 3.8) is 0 Å². The van der Waals surface area contributed by atoms with Crippen LogP contribution in [0.2, 0.25) is 0 Å². The highest BCUT2D eigenvalue weighted by molar-refractivity contribution is 5.82. The first-order chi connectivity index (χ1) is 22.9. The van der Waals surface area contributed by atoms with Crippen LogP contribution in [0.25, 0.3) is 44.3 Å². The molecule has 0 aliphatic heterocycles. The Bertz CT molecular complexity index is 2150. The number of hydrogen-bond donors (Lipinski definition) is 0.